The molecular formula is C22H23NO. The molecule has 0 fully saturated rings. The van der Waals surface area contributed by atoms with Gasteiger partial charge in [0.2, 0.25) is 5.91 Å². The molecular weight excluding hydrogens is 294 g/mol. The van der Waals surface area contributed by atoms with Gasteiger partial charge in [-0.25, -0.2) is 0 Å². The van der Waals surface area contributed by atoms with Crippen LogP contribution in [0.25, 0.3) is 10.8 Å². The molecule has 1 amide bonds. The molecule has 0 aromatic heterocycles. The molecule has 0 spiro atoms. The van der Waals surface area contributed by atoms with Gasteiger partial charge in [-0.1, -0.05) is 67.6 Å². The number of anilines is 1. The summed E-state index contributed by atoms with van der Waals surface area (Å²) in [5, 5.41) is 5.51. The first-order valence-corrected chi connectivity index (χ1v) is 8.53. The minimum absolute atomic E-state index is 0.0900. The summed E-state index contributed by atoms with van der Waals surface area (Å²) in [7, 11) is 0. The van der Waals surface area contributed by atoms with Gasteiger partial charge < -0.3 is 5.32 Å². The molecule has 2 nitrogen and oxygen atoms in total. The first-order valence-electron chi connectivity index (χ1n) is 8.53. The second kappa shape index (κ2) is 7.78. The Labute approximate surface area is 143 Å². The van der Waals surface area contributed by atoms with Gasteiger partial charge in [-0.2, -0.15) is 0 Å². The van der Waals surface area contributed by atoms with Crippen LogP contribution in [0.2, 0.25) is 0 Å². The van der Waals surface area contributed by atoms with Crippen LogP contribution < -0.4 is 5.32 Å². The number of carbonyl (C=O) groups is 1. The normalized spacial score (nSPS) is 12.0. The first kappa shape index (κ1) is 16.3. The molecule has 24 heavy (non-hydrogen) atoms. The molecule has 3 aromatic rings. The Morgan fingerprint density at radius 2 is 1.62 bits per heavy atom. The molecule has 0 radical (unpaired) electrons. The smallest absolute Gasteiger partial charge is 0.224 e. The third kappa shape index (κ3) is 4.45. The van der Waals surface area contributed by atoms with Crippen LogP contribution in [0.3, 0.4) is 0 Å². The van der Waals surface area contributed by atoms with E-state index in [1.54, 1.807) is 0 Å². The second-order valence-electron chi connectivity index (χ2n) is 6.44. The number of amides is 1. The molecule has 0 heterocycles. The van der Waals surface area contributed by atoms with Crippen molar-refractivity contribution in [1.82, 2.24) is 0 Å². The van der Waals surface area contributed by atoms with Crippen molar-refractivity contribution in [2.24, 2.45) is 5.92 Å². The minimum Gasteiger partial charge on any atom is -0.326 e. The fraction of sp³-hybridized carbons (Fsp3) is 0.227. The van der Waals surface area contributed by atoms with Crippen molar-refractivity contribution in [1.29, 1.82) is 0 Å². The lowest BCUT2D eigenvalue weighted by Crippen LogP contribution is -2.15. The molecule has 122 valence electrons. The van der Waals surface area contributed by atoms with E-state index in [4.69, 9.17) is 0 Å². The Hall–Kier alpha value is -2.61. The highest BCUT2D eigenvalue weighted by atomic mass is 16.1. The van der Waals surface area contributed by atoms with Gasteiger partial charge in [0.15, 0.2) is 0 Å². The molecule has 0 saturated carbocycles. The molecule has 3 rings (SSSR count). The zero-order valence-corrected chi connectivity index (χ0v) is 14.0. The van der Waals surface area contributed by atoms with Gasteiger partial charge in [-0.3, -0.25) is 4.79 Å². The number of aryl methyl sites for hydroxylation is 1. The number of benzene rings is 3. The fourth-order valence-corrected chi connectivity index (χ4v) is 2.96. The van der Waals surface area contributed by atoms with E-state index in [1.165, 1.54) is 16.3 Å². The lowest BCUT2D eigenvalue weighted by Gasteiger charge is -2.12. The molecule has 1 atom stereocenters. The quantitative estimate of drug-likeness (QED) is 0.644. The Bertz CT molecular complexity index is 810. The average Bonchev–Trinajstić information content (AvgIpc) is 2.60. The largest absolute Gasteiger partial charge is 0.326 e. The summed E-state index contributed by atoms with van der Waals surface area (Å²) >= 11 is 0. The lowest BCUT2D eigenvalue weighted by molar-refractivity contribution is -0.117. The van der Waals surface area contributed by atoms with E-state index >= 15 is 0 Å². The summed E-state index contributed by atoms with van der Waals surface area (Å²) < 4.78 is 0. The number of fused-ring (bicyclic) bond motifs is 1. The van der Waals surface area contributed by atoms with Crippen molar-refractivity contribution in [2.75, 3.05) is 5.32 Å². The van der Waals surface area contributed by atoms with Gasteiger partial charge in [0.05, 0.1) is 0 Å². The maximum Gasteiger partial charge on any atom is 0.224 e. The zero-order chi connectivity index (χ0) is 16.8. The number of hydrogen-bond donors (Lipinski definition) is 1. The second-order valence-corrected chi connectivity index (χ2v) is 6.44. The summed E-state index contributed by atoms with van der Waals surface area (Å²) in [6, 6.07) is 24.7. The fourth-order valence-electron chi connectivity index (χ4n) is 2.96. The van der Waals surface area contributed by atoms with Gasteiger partial charge in [-0.05, 0) is 47.2 Å². The molecule has 0 aliphatic carbocycles. The van der Waals surface area contributed by atoms with Crippen molar-refractivity contribution < 1.29 is 4.79 Å². The van der Waals surface area contributed by atoms with Gasteiger partial charge in [-0.15, -0.1) is 0 Å². The van der Waals surface area contributed by atoms with E-state index in [1.807, 2.05) is 30.3 Å². The number of nitrogens with one attached hydrogen (secondary N) is 1. The maximum absolute atomic E-state index is 12.1. The standard InChI is InChI=1S/C22H23NO/c1-17(15-22(24)23-21-9-3-2-4-10-21)11-12-18-13-14-19-7-5-6-8-20(19)16-18/h2-10,13-14,16-17H,11-12,15H2,1H3,(H,23,24)/t17-/m1/s1. The number of hydrogen-bond acceptors (Lipinski definition) is 1. The topological polar surface area (TPSA) is 29.1 Å². The Kier molecular flexibility index (Phi) is 5.27. The summed E-state index contributed by atoms with van der Waals surface area (Å²) in [5.41, 5.74) is 2.20. The van der Waals surface area contributed by atoms with Crippen LogP contribution in [0.1, 0.15) is 25.3 Å². The average molecular weight is 317 g/mol. The third-order valence-electron chi connectivity index (χ3n) is 4.33. The predicted molar refractivity (Wildman–Crippen MR) is 101 cm³/mol. The Morgan fingerprint density at radius 3 is 2.42 bits per heavy atom. The van der Waals surface area contributed by atoms with Gasteiger partial charge in [0.1, 0.15) is 0 Å². The van der Waals surface area contributed by atoms with Crippen LogP contribution >= 0.6 is 0 Å². The number of carbonyl (C=O) groups excluding carboxylic acids is 1. The van der Waals surface area contributed by atoms with Gasteiger partial charge >= 0.3 is 0 Å². The third-order valence-corrected chi connectivity index (χ3v) is 4.33. The van der Waals surface area contributed by atoms with Gasteiger partial charge in [0.25, 0.3) is 0 Å². The SMILES string of the molecule is C[C@H](CCc1ccc2ccccc2c1)CC(=O)Nc1ccccc1. The highest BCUT2D eigenvalue weighted by molar-refractivity contribution is 5.90. The molecule has 0 aliphatic heterocycles. The summed E-state index contributed by atoms with van der Waals surface area (Å²) in [4.78, 5) is 12.1. The van der Waals surface area contributed by atoms with Crippen molar-refractivity contribution in [3.63, 3.8) is 0 Å². The van der Waals surface area contributed by atoms with Crippen LogP contribution in [-0.4, -0.2) is 5.91 Å². The van der Waals surface area contributed by atoms with E-state index in [0.29, 0.717) is 12.3 Å². The highest BCUT2D eigenvalue weighted by Gasteiger charge is 2.10. The highest BCUT2D eigenvalue weighted by Crippen LogP contribution is 2.19. The Balaban J connectivity index is 1.51. The molecule has 0 bridgehead atoms. The van der Waals surface area contributed by atoms with Crippen molar-refractivity contribution in [3.05, 3.63) is 78.4 Å². The first-order chi connectivity index (χ1) is 11.7. The van der Waals surface area contributed by atoms with Gasteiger partial charge in [0, 0.05) is 12.1 Å². The van der Waals surface area contributed by atoms with Crippen LogP contribution in [0, 0.1) is 5.92 Å². The number of para-hydroxylation sites is 1. The van der Waals surface area contributed by atoms with Crippen LogP contribution in [-0.2, 0) is 11.2 Å². The van der Waals surface area contributed by atoms with Crippen molar-refractivity contribution >= 4 is 22.4 Å². The lowest BCUT2D eigenvalue weighted by atomic mass is 9.96. The maximum atomic E-state index is 12.1. The monoisotopic (exact) mass is 317 g/mol. The molecule has 3 aromatic carbocycles. The molecule has 0 aliphatic rings. The molecule has 0 saturated heterocycles. The van der Waals surface area contributed by atoms with Crippen molar-refractivity contribution in [3.8, 4) is 0 Å². The van der Waals surface area contributed by atoms with E-state index in [-0.39, 0.29) is 5.91 Å². The predicted octanol–water partition coefficient (Wildman–Crippen LogP) is 5.44. The molecule has 0 unspecified atom stereocenters. The molecule has 1 N–H and O–H groups in total. The zero-order valence-electron chi connectivity index (χ0n) is 14.0. The summed E-state index contributed by atoms with van der Waals surface area (Å²) in [5.74, 6) is 0.451. The van der Waals surface area contributed by atoms with Crippen LogP contribution in [0.15, 0.2) is 72.8 Å². The Morgan fingerprint density at radius 1 is 0.917 bits per heavy atom. The van der Waals surface area contributed by atoms with Crippen LogP contribution in [0.5, 0.6) is 0 Å². The van der Waals surface area contributed by atoms with Crippen LogP contribution in [0.4, 0.5) is 5.69 Å². The van der Waals surface area contributed by atoms with E-state index in [0.717, 1.165) is 18.5 Å². The van der Waals surface area contributed by atoms with Crippen molar-refractivity contribution in [2.45, 2.75) is 26.2 Å². The molecule has 2 heteroatoms. The summed E-state index contributed by atoms with van der Waals surface area (Å²) in [6.07, 6.45) is 2.58. The number of rotatable bonds is 6. The van der Waals surface area contributed by atoms with E-state index in [9.17, 15) is 4.79 Å². The van der Waals surface area contributed by atoms with E-state index < -0.39 is 0 Å². The van der Waals surface area contributed by atoms with E-state index in [2.05, 4.69) is 54.7 Å². The summed E-state index contributed by atoms with van der Waals surface area (Å²) in [6.45, 7) is 2.14. The minimum atomic E-state index is 0.0900.